The number of hydrogen-bond donors (Lipinski definition) is 1. The molecule has 1 saturated carbocycles. The van der Waals surface area contributed by atoms with Gasteiger partial charge in [-0.1, -0.05) is 26.0 Å². The molecule has 0 unspecified atom stereocenters. The summed E-state index contributed by atoms with van der Waals surface area (Å²) in [4.78, 5) is 16.3. The number of carbonyl (C=O) groups excluding carboxylic acids is 1. The van der Waals surface area contributed by atoms with Crippen LogP contribution in [0.5, 0.6) is 0 Å². The van der Waals surface area contributed by atoms with Crippen molar-refractivity contribution in [2.75, 3.05) is 0 Å². The molecule has 2 N–H and O–H groups in total. The van der Waals surface area contributed by atoms with Crippen molar-refractivity contribution >= 4 is 21.5 Å². The summed E-state index contributed by atoms with van der Waals surface area (Å²) in [7, 11) is -3.66. The molecule has 0 radical (unpaired) electrons. The third-order valence-corrected chi connectivity index (χ3v) is 4.43. The monoisotopic (exact) mass is 308 g/mol. The molecule has 0 aromatic heterocycles. The second-order valence-electron chi connectivity index (χ2n) is 6.30. The minimum Gasteiger partial charge on any atom is -0.299 e. The van der Waals surface area contributed by atoms with E-state index in [0.29, 0.717) is 19.4 Å². The molecule has 1 aliphatic rings. The van der Waals surface area contributed by atoms with E-state index in [4.69, 9.17) is 5.14 Å². The molecule has 0 bridgehead atoms. The van der Waals surface area contributed by atoms with Crippen LogP contribution in [-0.2, 0) is 21.4 Å². The van der Waals surface area contributed by atoms with E-state index in [2.05, 4.69) is 18.8 Å². The van der Waals surface area contributed by atoms with Crippen molar-refractivity contribution in [3.05, 3.63) is 29.8 Å². The molecular formula is C15H20N2O3S. The molecule has 0 aliphatic heterocycles. The highest BCUT2D eigenvalue weighted by Crippen LogP contribution is 2.31. The van der Waals surface area contributed by atoms with Crippen LogP contribution in [0.25, 0.3) is 0 Å². The third kappa shape index (κ3) is 4.47. The molecule has 21 heavy (non-hydrogen) atoms. The van der Waals surface area contributed by atoms with Gasteiger partial charge in [-0.15, -0.1) is 0 Å². The van der Waals surface area contributed by atoms with Crippen LogP contribution >= 0.6 is 0 Å². The number of nitrogens with two attached hydrogens (primary N) is 1. The van der Waals surface area contributed by atoms with E-state index in [0.717, 1.165) is 17.7 Å². The molecule has 0 amide bonds. The highest BCUT2D eigenvalue weighted by atomic mass is 32.2. The van der Waals surface area contributed by atoms with Crippen molar-refractivity contribution in [1.82, 2.24) is 0 Å². The van der Waals surface area contributed by atoms with Crippen molar-refractivity contribution in [1.29, 1.82) is 0 Å². The van der Waals surface area contributed by atoms with Crippen LogP contribution in [0.2, 0.25) is 0 Å². The number of benzene rings is 1. The van der Waals surface area contributed by atoms with Crippen LogP contribution in [0.3, 0.4) is 0 Å². The van der Waals surface area contributed by atoms with Gasteiger partial charge >= 0.3 is 0 Å². The van der Waals surface area contributed by atoms with Crippen LogP contribution in [0.1, 0.15) is 38.7 Å². The first kappa shape index (κ1) is 15.9. The molecule has 6 heteroatoms. The zero-order valence-corrected chi connectivity index (χ0v) is 13.1. The average molecular weight is 308 g/mol. The van der Waals surface area contributed by atoms with Gasteiger partial charge in [0, 0.05) is 18.6 Å². The minimum atomic E-state index is -3.66. The maximum absolute atomic E-state index is 11.7. The summed E-state index contributed by atoms with van der Waals surface area (Å²) < 4.78 is 22.3. The van der Waals surface area contributed by atoms with E-state index in [1.165, 1.54) is 12.1 Å². The molecular weight excluding hydrogens is 288 g/mol. The van der Waals surface area contributed by atoms with E-state index in [-0.39, 0.29) is 16.1 Å². The SMILES string of the molecule is CC1(C)CC(=O)CC(=NCc2ccc(S(N)(=O)=O)cc2)C1. The van der Waals surface area contributed by atoms with Gasteiger partial charge in [0.25, 0.3) is 0 Å². The van der Waals surface area contributed by atoms with Crippen LogP contribution in [-0.4, -0.2) is 19.9 Å². The summed E-state index contributed by atoms with van der Waals surface area (Å²) in [5.41, 5.74) is 1.79. The Labute approximate surface area is 125 Å². The maximum Gasteiger partial charge on any atom is 0.238 e. The minimum absolute atomic E-state index is 0.0222. The molecule has 114 valence electrons. The molecule has 0 saturated heterocycles. The summed E-state index contributed by atoms with van der Waals surface area (Å²) in [6, 6.07) is 6.33. The fourth-order valence-corrected chi connectivity index (χ4v) is 3.12. The second-order valence-corrected chi connectivity index (χ2v) is 7.87. The van der Waals surface area contributed by atoms with Crippen LogP contribution in [0.15, 0.2) is 34.2 Å². The van der Waals surface area contributed by atoms with Gasteiger partial charge in [-0.2, -0.15) is 0 Å². The molecule has 2 rings (SSSR count). The number of carbonyl (C=O) groups is 1. The second kappa shape index (κ2) is 5.69. The van der Waals surface area contributed by atoms with Crippen molar-refractivity contribution in [2.45, 2.75) is 44.6 Å². The van der Waals surface area contributed by atoms with Gasteiger partial charge < -0.3 is 0 Å². The fraction of sp³-hybridized carbons (Fsp3) is 0.467. The zero-order chi connectivity index (χ0) is 15.7. The number of ketones is 1. The quantitative estimate of drug-likeness (QED) is 0.926. The Morgan fingerprint density at radius 1 is 1.19 bits per heavy atom. The topological polar surface area (TPSA) is 89.6 Å². The Morgan fingerprint density at radius 2 is 1.81 bits per heavy atom. The molecule has 0 atom stereocenters. The van der Waals surface area contributed by atoms with Gasteiger partial charge in [-0.3, -0.25) is 9.79 Å². The van der Waals surface area contributed by atoms with Crippen molar-refractivity contribution in [2.24, 2.45) is 15.5 Å². The first-order chi connectivity index (χ1) is 9.66. The smallest absolute Gasteiger partial charge is 0.238 e. The van der Waals surface area contributed by atoms with E-state index >= 15 is 0 Å². The van der Waals surface area contributed by atoms with Gasteiger partial charge in [0.15, 0.2) is 0 Å². The predicted molar refractivity (Wildman–Crippen MR) is 81.6 cm³/mol. The number of aliphatic imine (C=N–C) groups is 1. The van der Waals surface area contributed by atoms with Gasteiger partial charge in [0.05, 0.1) is 11.4 Å². The Hall–Kier alpha value is -1.53. The molecule has 1 aliphatic carbocycles. The van der Waals surface area contributed by atoms with Crippen LogP contribution in [0, 0.1) is 5.41 Å². The van der Waals surface area contributed by atoms with E-state index in [1.807, 2.05) is 0 Å². The van der Waals surface area contributed by atoms with Crippen molar-refractivity contribution in [3.8, 4) is 0 Å². The Morgan fingerprint density at radius 3 is 2.33 bits per heavy atom. The Bertz CT molecular complexity index is 673. The van der Waals surface area contributed by atoms with Gasteiger partial charge in [0.1, 0.15) is 5.78 Å². The predicted octanol–water partition coefficient (Wildman–Crippen LogP) is 2.05. The van der Waals surface area contributed by atoms with Crippen LogP contribution < -0.4 is 5.14 Å². The zero-order valence-electron chi connectivity index (χ0n) is 12.3. The first-order valence-electron chi connectivity index (χ1n) is 6.81. The van der Waals surface area contributed by atoms with E-state index < -0.39 is 10.0 Å². The lowest BCUT2D eigenvalue weighted by molar-refractivity contribution is -0.120. The van der Waals surface area contributed by atoms with E-state index in [1.54, 1.807) is 12.1 Å². The van der Waals surface area contributed by atoms with Crippen molar-refractivity contribution in [3.63, 3.8) is 0 Å². The first-order valence-corrected chi connectivity index (χ1v) is 8.36. The summed E-state index contributed by atoms with van der Waals surface area (Å²) in [5.74, 6) is 0.231. The molecule has 0 spiro atoms. The Kier molecular flexibility index (Phi) is 4.30. The lowest BCUT2D eigenvalue weighted by Gasteiger charge is -2.29. The summed E-state index contributed by atoms with van der Waals surface area (Å²) in [6.45, 7) is 4.59. The lowest BCUT2D eigenvalue weighted by atomic mass is 9.76. The number of hydrogen-bond acceptors (Lipinski definition) is 4. The maximum atomic E-state index is 11.7. The lowest BCUT2D eigenvalue weighted by Crippen LogP contribution is -2.29. The number of Topliss-reactive ketones (excluding diaryl/α,β-unsaturated/α-hetero) is 1. The van der Waals surface area contributed by atoms with E-state index in [9.17, 15) is 13.2 Å². The molecule has 1 fully saturated rings. The van der Waals surface area contributed by atoms with Crippen LogP contribution in [0.4, 0.5) is 0 Å². The van der Waals surface area contributed by atoms with Gasteiger partial charge in [0.2, 0.25) is 10.0 Å². The number of nitrogens with zero attached hydrogens (tertiary/aromatic N) is 1. The third-order valence-electron chi connectivity index (χ3n) is 3.50. The largest absolute Gasteiger partial charge is 0.299 e. The Balaban J connectivity index is 2.09. The summed E-state index contributed by atoms with van der Waals surface area (Å²) in [6.07, 6.45) is 1.86. The highest BCUT2D eigenvalue weighted by Gasteiger charge is 2.29. The van der Waals surface area contributed by atoms with Gasteiger partial charge in [-0.05, 0) is 29.5 Å². The number of sulfonamides is 1. The fourth-order valence-electron chi connectivity index (χ4n) is 2.60. The summed E-state index contributed by atoms with van der Waals surface area (Å²) in [5, 5.41) is 5.05. The molecule has 0 heterocycles. The normalized spacial score (nSPS) is 20.7. The molecule has 1 aromatic rings. The molecule has 1 aromatic carbocycles. The van der Waals surface area contributed by atoms with Crippen molar-refractivity contribution < 1.29 is 13.2 Å². The number of rotatable bonds is 3. The standard InChI is InChI=1S/C15H20N2O3S/c1-15(2)8-12(7-13(18)9-15)17-10-11-3-5-14(6-4-11)21(16,19)20/h3-6H,7-10H2,1-2H3,(H2,16,19,20). The summed E-state index contributed by atoms with van der Waals surface area (Å²) >= 11 is 0. The number of primary sulfonamides is 1. The average Bonchev–Trinajstić information content (AvgIpc) is 2.33. The highest BCUT2D eigenvalue weighted by molar-refractivity contribution is 7.89. The van der Waals surface area contributed by atoms with Gasteiger partial charge in [-0.25, -0.2) is 13.6 Å². The molecule has 5 nitrogen and oxygen atoms in total.